The van der Waals surface area contributed by atoms with Gasteiger partial charge in [0.15, 0.2) is 0 Å². The highest BCUT2D eigenvalue weighted by Gasteiger charge is 2.50. The minimum atomic E-state index is -0.725. The molecule has 2 aromatic carbocycles. The zero-order valence-corrected chi connectivity index (χ0v) is 17.5. The van der Waals surface area contributed by atoms with E-state index in [0.717, 1.165) is 16.8 Å². The van der Waals surface area contributed by atoms with Gasteiger partial charge in [-0.3, -0.25) is 9.59 Å². The molecule has 2 amide bonds. The van der Waals surface area contributed by atoms with E-state index in [1.54, 1.807) is 4.90 Å². The maximum absolute atomic E-state index is 13.5. The Bertz CT molecular complexity index is 865. The Morgan fingerprint density at radius 3 is 2.45 bits per heavy atom. The first-order valence-corrected chi connectivity index (χ1v) is 10.3. The van der Waals surface area contributed by atoms with Crippen molar-refractivity contribution in [1.82, 2.24) is 5.32 Å². The van der Waals surface area contributed by atoms with Crippen molar-refractivity contribution in [2.75, 3.05) is 18.5 Å². The second-order valence-electron chi connectivity index (χ2n) is 8.28. The molecule has 0 saturated carbocycles. The number of nitrogens with one attached hydrogen (secondary N) is 1. The van der Waals surface area contributed by atoms with Crippen molar-refractivity contribution in [3.8, 4) is 0 Å². The summed E-state index contributed by atoms with van der Waals surface area (Å²) in [6, 6.07) is 17.4. The number of carbonyl (C=O) groups excluding carboxylic acids is 2. The van der Waals surface area contributed by atoms with Gasteiger partial charge in [-0.2, -0.15) is 0 Å². The Balaban J connectivity index is 1.79. The first-order valence-electron chi connectivity index (χ1n) is 10.3. The standard InChI is InChI=1S/C24H31N3O2/c1-17(2)16-20(25)22(28)26-15-9-14-24(18-10-5-4-6-11-18)19-12-7-8-13-21(19)27(3)23(24)29/h4-8,10-13,17,20H,9,14-16,25H2,1-3H3,(H,26,28). The second-order valence-corrected chi connectivity index (χ2v) is 8.28. The molecule has 154 valence electrons. The van der Waals surface area contributed by atoms with E-state index in [9.17, 15) is 9.59 Å². The number of fused-ring (bicyclic) bond motifs is 1. The average molecular weight is 394 g/mol. The van der Waals surface area contributed by atoms with E-state index in [-0.39, 0.29) is 11.8 Å². The lowest BCUT2D eigenvalue weighted by Crippen LogP contribution is -2.43. The van der Waals surface area contributed by atoms with Crippen LogP contribution in [0.3, 0.4) is 0 Å². The van der Waals surface area contributed by atoms with Gasteiger partial charge in [0.1, 0.15) is 5.41 Å². The molecule has 2 unspecified atom stereocenters. The van der Waals surface area contributed by atoms with Crippen molar-refractivity contribution >= 4 is 17.5 Å². The SMILES string of the molecule is CC(C)CC(N)C(=O)NCCCC1(c2ccccc2)C(=O)N(C)c2ccccc21. The fraction of sp³-hybridized carbons (Fsp3) is 0.417. The fourth-order valence-corrected chi connectivity index (χ4v) is 4.34. The minimum Gasteiger partial charge on any atom is -0.355 e. The van der Waals surface area contributed by atoms with Crippen LogP contribution in [0.15, 0.2) is 54.6 Å². The number of para-hydroxylation sites is 1. The summed E-state index contributed by atoms with van der Waals surface area (Å²) in [4.78, 5) is 27.4. The van der Waals surface area contributed by atoms with Gasteiger partial charge in [0.25, 0.3) is 0 Å². The molecule has 1 heterocycles. The molecule has 0 fully saturated rings. The number of rotatable bonds is 8. The van der Waals surface area contributed by atoms with Gasteiger partial charge in [-0.05, 0) is 42.4 Å². The van der Waals surface area contributed by atoms with Crippen molar-refractivity contribution in [3.05, 3.63) is 65.7 Å². The van der Waals surface area contributed by atoms with Crippen LogP contribution in [-0.4, -0.2) is 31.4 Å². The van der Waals surface area contributed by atoms with Crippen molar-refractivity contribution in [3.63, 3.8) is 0 Å². The largest absolute Gasteiger partial charge is 0.355 e. The molecule has 1 aliphatic heterocycles. The first-order chi connectivity index (χ1) is 13.9. The van der Waals surface area contributed by atoms with Crippen LogP contribution < -0.4 is 16.0 Å². The average Bonchev–Trinajstić information content (AvgIpc) is 2.94. The van der Waals surface area contributed by atoms with Crippen LogP contribution >= 0.6 is 0 Å². The van der Waals surface area contributed by atoms with Gasteiger partial charge >= 0.3 is 0 Å². The number of carbonyl (C=O) groups is 2. The van der Waals surface area contributed by atoms with Crippen LogP contribution in [0.1, 0.15) is 44.2 Å². The molecule has 0 aliphatic carbocycles. The zero-order chi connectivity index (χ0) is 21.0. The first kappa shape index (κ1) is 21.1. The molecule has 2 aromatic rings. The Hall–Kier alpha value is -2.66. The van der Waals surface area contributed by atoms with Crippen LogP contribution in [0.4, 0.5) is 5.69 Å². The molecule has 0 bridgehead atoms. The second kappa shape index (κ2) is 8.78. The molecule has 0 saturated heterocycles. The summed E-state index contributed by atoms with van der Waals surface area (Å²) in [5.74, 6) is 0.329. The van der Waals surface area contributed by atoms with Gasteiger partial charge in [0.05, 0.1) is 6.04 Å². The van der Waals surface area contributed by atoms with E-state index in [1.807, 2.05) is 61.6 Å². The smallest absolute Gasteiger partial charge is 0.241 e. The fourth-order valence-electron chi connectivity index (χ4n) is 4.34. The van der Waals surface area contributed by atoms with Crippen LogP contribution in [0.2, 0.25) is 0 Å². The molecule has 2 atom stereocenters. The number of nitrogens with zero attached hydrogens (tertiary/aromatic N) is 1. The molecule has 1 aliphatic rings. The van der Waals surface area contributed by atoms with E-state index in [0.29, 0.717) is 31.7 Å². The van der Waals surface area contributed by atoms with Gasteiger partial charge in [-0.15, -0.1) is 0 Å². The summed E-state index contributed by atoms with van der Waals surface area (Å²) >= 11 is 0. The molecule has 3 rings (SSSR count). The monoisotopic (exact) mass is 393 g/mol. The summed E-state index contributed by atoms with van der Waals surface area (Å²) in [5.41, 5.74) is 8.21. The minimum absolute atomic E-state index is 0.0766. The molecule has 5 heteroatoms. The maximum Gasteiger partial charge on any atom is 0.241 e. The molecular formula is C24H31N3O2. The summed E-state index contributed by atoms with van der Waals surface area (Å²) in [7, 11) is 1.83. The number of anilines is 1. The van der Waals surface area contributed by atoms with Crippen LogP contribution in [0.25, 0.3) is 0 Å². The maximum atomic E-state index is 13.5. The van der Waals surface area contributed by atoms with E-state index in [4.69, 9.17) is 5.73 Å². The van der Waals surface area contributed by atoms with Crippen LogP contribution in [-0.2, 0) is 15.0 Å². The molecule has 5 nitrogen and oxygen atoms in total. The topological polar surface area (TPSA) is 75.4 Å². The van der Waals surface area contributed by atoms with E-state index >= 15 is 0 Å². The third-order valence-corrected chi connectivity index (χ3v) is 5.75. The van der Waals surface area contributed by atoms with Gasteiger partial charge < -0.3 is 16.0 Å². The van der Waals surface area contributed by atoms with Crippen LogP contribution in [0.5, 0.6) is 0 Å². The highest BCUT2D eigenvalue weighted by Crippen LogP contribution is 2.48. The molecule has 0 radical (unpaired) electrons. The van der Waals surface area contributed by atoms with Gasteiger partial charge in [-0.1, -0.05) is 62.4 Å². The number of nitrogens with two attached hydrogens (primary N) is 1. The highest BCUT2D eigenvalue weighted by molar-refractivity contribution is 6.10. The van der Waals surface area contributed by atoms with Crippen molar-refractivity contribution in [2.24, 2.45) is 11.7 Å². The number of likely N-dealkylation sites (N-methyl/N-ethyl adjacent to an activating group) is 1. The molecule has 0 aromatic heterocycles. The predicted octanol–water partition coefficient (Wildman–Crippen LogP) is 3.22. The Kier molecular flexibility index (Phi) is 6.38. The Labute approximate surface area is 173 Å². The third kappa shape index (κ3) is 4.06. The lowest BCUT2D eigenvalue weighted by molar-refractivity contribution is -0.122. The number of hydrogen-bond donors (Lipinski definition) is 2. The lowest BCUT2D eigenvalue weighted by Gasteiger charge is -2.29. The number of benzene rings is 2. The van der Waals surface area contributed by atoms with Crippen molar-refractivity contribution < 1.29 is 9.59 Å². The molecular weight excluding hydrogens is 362 g/mol. The van der Waals surface area contributed by atoms with Gasteiger partial charge in [0, 0.05) is 19.3 Å². The molecule has 0 spiro atoms. The van der Waals surface area contributed by atoms with Gasteiger partial charge in [-0.25, -0.2) is 0 Å². The third-order valence-electron chi connectivity index (χ3n) is 5.75. The summed E-state index contributed by atoms with van der Waals surface area (Å²) < 4.78 is 0. The van der Waals surface area contributed by atoms with Gasteiger partial charge in [0.2, 0.25) is 11.8 Å². The summed E-state index contributed by atoms with van der Waals surface area (Å²) in [6.45, 7) is 4.60. The highest BCUT2D eigenvalue weighted by atomic mass is 16.2. The van der Waals surface area contributed by atoms with Crippen molar-refractivity contribution in [1.29, 1.82) is 0 Å². The zero-order valence-electron chi connectivity index (χ0n) is 17.5. The normalized spacial score (nSPS) is 19.3. The van der Waals surface area contributed by atoms with Crippen molar-refractivity contribution in [2.45, 2.75) is 44.6 Å². The quantitative estimate of drug-likeness (QED) is 0.676. The lowest BCUT2D eigenvalue weighted by atomic mass is 9.72. The van der Waals surface area contributed by atoms with E-state index in [2.05, 4.69) is 19.2 Å². The Morgan fingerprint density at radius 2 is 1.76 bits per heavy atom. The molecule has 29 heavy (non-hydrogen) atoms. The van der Waals surface area contributed by atoms with E-state index < -0.39 is 11.5 Å². The summed E-state index contributed by atoms with van der Waals surface area (Å²) in [5, 5.41) is 2.94. The molecule has 3 N–H and O–H groups in total. The van der Waals surface area contributed by atoms with E-state index in [1.165, 1.54) is 0 Å². The number of amides is 2. The Morgan fingerprint density at radius 1 is 1.10 bits per heavy atom. The number of hydrogen-bond acceptors (Lipinski definition) is 3. The summed E-state index contributed by atoms with van der Waals surface area (Å²) in [6.07, 6.45) is 1.97. The predicted molar refractivity (Wildman–Crippen MR) is 117 cm³/mol. The van der Waals surface area contributed by atoms with Crippen LogP contribution in [0, 0.1) is 5.92 Å².